The molecule has 2 nitrogen and oxygen atoms in total. The molecule has 0 aliphatic heterocycles. The molecule has 0 aliphatic carbocycles. The molecule has 1 aromatic heterocycles. The number of rotatable bonds is 6. The Morgan fingerprint density at radius 2 is 1.95 bits per heavy atom. The zero-order valence-electron chi connectivity index (χ0n) is 13.0. The molecule has 1 N–H and O–H groups in total. The van der Waals surface area contributed by atoms with Crippen molar-refractivity contribution in [2.24, 2.45) is 0 Å². The number of nitrogens with zero attached hydrogens (tertiary/aromatic N) is 1. The average Bonchev–Trinajstić information content (AvgIpc) is 2.48. The van der Waals surface area contributed by atoms with Crippen molar-refractivity contribution in [1.82, 2.24) is 10.3 Å². The Hall–Kier alpha value is -1.74. The van der Waals surface area contributed by atoms with Gasteiger partial charge in [0.05, 0.1) is 0 Å². The minimum Gasteiger partial charge on any atom is -0.310 e. The first-order chi connectivity index (χ1) is 10.1. The zero-order chi connectivity index (χ0) is 15.2. The van der Waals surface area contributed by atoms with E-state index in [2.05, 4.69) is 43.2 Å². The number of halogens is 1. The van der Waals surface area contributed by atoms with Crippen LogP contribution in [0, 0.1) is 5.82 Å². The summed E-state index contributed by atoms with van der Waals surface area (Å²) in [5.41, 5.74) is 4.38. The highest BCUT2D eigenvalue weighted by atomic mass is 19.1. The Bertz CT molecular complexity index is 576. The SMILES string of the molecule is CCc1ccc(Cc2ccc(F)cc2CNC(C)C)nc1. The first-order valence-corrected chi connectivity index (χ1v) is 7.53. The molecule has 0 atom stereocenters. The van der Waals surface area contributed by atoms with Gasteiger partial charge in [-0.05, 0) is 41.3 Å². The fourth-order valence-corrected chi connectivity index (χ4v) is 2.21. The molecule has 3 heteroatoms. The predicted molar refractivity (Wildman–Crippen MR) is 84.8 cm³/mol. The van der Waals surface area contributed by atoms with Crippen LogP contribution in [-0.4, -0.2) is 11.0 Å². The second-order valence-corrected chi connectivity index (χ2v) is 5.64. The van der Waals surface area contributed by atoms with Crippen molar-refractivity contribution < 1.29 is 4.39 Å². The Kier molecular flexibility index (Phi) is 5.45. The zero-order valence-corrected chi connectivity index (χ0v) is 13.0. The van der Waals surface area contributed by atoms with E-state index in [-0.39, 0.29) is 5.82 Å². The van der Waals surface area contributed by atoms with Crippen molar-refractivity contribution in [2.75, 3.05) is 0 Å². The van der Waals surface area contributed by atoms with Crippen LogP contribution in [0.4, 0.5) is 4.39 Å². The summed E-state index contributed by atoms with van der Waals surface area (Å²) in [6, 6.07) is 9.55. The molecule has 1 heterocycles. The molecule has 0 fully saturated rings. The predicted octanol–water partition coefficient (Wildman–Crippen LogP) is 3.87. The van der Waals surface area contributed by atoms with E-state index in [1.54, 1.807) is 6.07 Å². The third-order valence-corrected chi connectivity index (χ3v) is 3.53. The van der Waals surface area contributed by atoms with E-state index in [0.29, 0.717) is 12.6 Å². The summed E-state index contributed by atoms with van der Waals surface area (Å²) < 4.78 is 13.5. The van der Waals surface area contributed by atoms with Gasteiger partial charge in [0, 0.05) is 30.9 Å². The molecule has 0 amide bonds. The van der Waals surface area contributed by atoms with Crippen LogP contribution in [0.15, 0.2) is 36.5 Å². The summed E-state index contributed by atoms with van der Waals surface area (Å²) in [7, 11) is 0. The molecule has 0 aliphatic rings. The highest BCUT2D eigenvalue weighted by Gasteiger charge is 2.07. The van der Waals surface area contributed by atoms with E-state index in [1.807, 2.05) is 12.3 Å². The maximum Gasteiger partial charge on any atom is 0.123 e. The quantitative estimate of drug-likeness (QED) is 0.872. The Balaban J connectivity index is 2.17. The van der Waals surface area contributed by atoms with Crippen molar-refractivity contribution in [2.45, 2.75) is 46.2 Å². The van der Waals surface area contributed by atoms with Gasteiger partial charge in [0.2, 0.25) is 0 Å². The maximum absolute atomic E-state index is 13.5. The van der Waals surface area contributed by atoms with Gasteiger partial charge in [0.1, 0.15) is 5.82 Å². The third kappa shape index (κ3) is 4.64. The summed E-state index contributed by atoms with van der Waals surface area (Å²) in [6.45, 7) is 6.97. The molecular formula is C18H23FN2. The van der Waals surface area contributed by atoms with E-state index >= 15 is 0 Å². The molecular weight excluding hydrogens is 263 g/mol. The largest absolute Gasteiger partial charge is 0.310 e. The molecule has 112 valence electrons. The minimum atomic E-state index is -0.186. The number of aromatic nitrogens is 1. The van der Waals surface area contributed by atoms with Crippen LogP contribution in [0.2, 0.25) is 0 Å². The molecule has 0 radical (unpaired) electrons. The lowest BCUT2D eigenvalue weighted by Gasteiger charge is -2.13. The molecule has 0 saturated carbocycles. The van der Waals surface area contributed by atoms with Gasteiger partial charge in [-0.1, -0.05) is 32.9 Å². The van der Waals surface area contributed by atoms with Gasteiger partial charge < -0.3 is 5.32 Å². The van der Waals surface area contributed by atoms with Gasteiger partial charge in [-0.2, -0.15) is 0 Å². The highest BCUT2D eigenvalue weighted by molar-refractivity contribution is 5.32. The topological polar surface area (TPSA) is 24.9 Å². The summed E-state index contributed by atoms with van der Waals surface area (Å²) in [5.74, 6) is -0.186. The third-order valence-electron chi connectivity index (χ3n) is 3.53. The van der Waals surface area contributed by atoms with Gasteiger partial charge >= 0.3 is 0 Å². The lowest BCUT2D eigenvalue weighted by Crippen LogP contribution is -2.22. The van der Waals surface area contributed by atoms with Crippen LogP contribution < -0.4 is 5.32 Å². The summed E-state index contributed by atoms with van der Waals surface area (Å²) in [6.07, 6.45) is 3.65. The molecule has 0 unspecified atom stereocenters. The van der Waals surface area contributed by atoms with Crippen molar-refractivity contribution >= 4 is 0 Å². The molecule has 2 aromatic rings. The molecule has 0 spiro atoms. The van der Waals surface area contributed by atoms with E-state index in [1.165, 1.54) is 11.6 Å². The molecule has 1 aromatic carbocycles. The first-order valence-electron chi connectivity index (χ1n) is 7.53. The van der Waals surface area contributed by atoms with Crippen molar-refractivity contribution in [3.05, 3.63) is 64.7 Å². The maximum atomic E-state index is 13.5. The van der Waals surface area contributed by atoms with Crippen LogP contribution in [0.1, 0.15) is 43.2 Å². The number of hydrogen-bond acceptors (Lipinski definition) is 2. The summed E-state index contributed by atoms with van der Waals surface area (Å²) >= 11 is 0. The number of pyridine rings is 1. The minimum absolute atomic E-state index is 0.186. The van der Waals surface area contributed by atoms with Crippen molar-refractivity contribution in [3.63, 3.8) is 0 Å². The smallest absolute Gasteiger partial charge is 0.123 e. The van der Waals surface area contributed by atoms with Gasteiger partial charge in [-0.15, -0.1) is 0 Å². The second-order valence-electron chi connectivity index (χ2n) is 5.64. The average molecular weight is 286 g/mol. The normalized spacial score (nSPS) is 11.1. The second kappa shape index (κ2) is 7.32. The molecule has 0 saturated heterocycles. The van der Waals surface area contributed by atoms with E-state index in [4.69, 9.17) is 0 Å². The van der Waals surface area contributed by atoms with Crippen molar-refractivity contribution in [3.8, 4) is 0 Å². The van der Waals surface area contributed by atoms with Gasteiger partial charge in [-0.3, -0.25) is 4.98 Å². The van der Waals surface area contributed by atoms with Crippen molar-refractivity contribution in [1.29, 1.82) is 0 Å². The van der Waals surface area contributed by atoms with Crippen LogP contribution in [0.5, 0.6) is 0 Å². The number of benzene rings is 1. The number of aryl methyl sites for hydroxylation is 1. The molecule has 2 rings (SSSR count). The van der Waals surface area contributed by atoms with Crippen LogP contribution >= 0.6 is 0 Å². The first kappa shape index (κ1) is 15.6. The fourth-order valence-electron chi connectivity index (χ4n) is 2.21. The summed E-state index contributed by atoms with van der Waals surface area (Å²) in [5, 5.41) is 3.35. The standard InChI is InChI=1S/C18H23FN2/c1-4-14-5-8-18(21-11-14)10-15-6-7-17(19)9-16(15)12-20-13(2)3/h5-9,11,13,20H,4,10,12H2,1-3H3. The fraction of sp³-hybridized carbons (Fsp3) is 0.389. The highest BCUT2D eigenvalue weighted by Crippen LogP contribution is 2.16. The Morgan fingerprint density at radius 1 is 1.14 bits per heavy atom. The van der Waals surface area contributed by atoms with Crippen LogP contribution in [-0.2, 0) is 19.4 Å². The van der Waals surface area contributed by atoms with Crippen LogP contribution in [0.25, 0.3) is 0 Å². The van der Waals surface area contributed by atoms with E-state index in [0.717, 1.165) is 29.7 Å². The van der Waals surface area contributed by atoms with Gasteiger partial charge in [0.15, 0.2) is 0 Å². The number of nitrogens with one attached hydrogen (secondary N) is 1. The van der Waals surface area contributed by atoms with E-state index in [9.17, 15) is 4.39 Å². The lowest BCUT2D eigenvalue weighted by molar-refractivity contribution is 0.579. The number of hydrogen-bond donors (Lipinski definition) is 1. The van der Waals surface area contributed by atoms with E-state index < -0.39 is 0 Å². The van der Waals surface area contributed by atoms with Gasteiger partial charge in [-0.25, -0.2) is 4.39 Å². The molecule has 21 heavy (non-hydrogen) atoms. The molecule has 0 bridgehead atoms. The lowest BCUT2D eigenvalue weighted by atomic mass is 10.0. The Labute approximate surface area is 126 Å². The summed E-state index contributed by atoms with van der Waals surface area (Å²) in [4.78, 5) is 4.49. The van der Waals surface area contributed by atoms with Crippen LogP contribution in [0.3, 0.4) is 0 Å². The van der Waals surface area contributed by atoms with Gasteiger partial charge in [0.25, 0.3) is 0 Å². The Morgan fingerprint density at radius 3 is 2.57 bits per heavy atom. The monoisotopic (exact) mass is 286 g/mol.